The van der Waals surface area contributed by atoms with Crippen molar-refractivity contribution < 1.29 is 4.74 Å². The molecule has 0 bridgehead atoms. The van der Waals surface area contributed by atoms with Crippen molar-refractivity contribution in [2.24, 2.45) is 4.99 Å². The molecule has 2 nitrogen and oxygen atoms in total. The van der Waals surface area contributed by atoms with E-state index in [9.17, 15) is 0 Å². The molecule has 9 heavy (non-hydrogen) atoms. The highest BCUT2D eigenvalue weighted by Crippen LogP contribution is 1.83. The van der Waals surface area contributed by atoms with Gasteiger partial charge in [-0.2, -0.15) is 0 Å². The van der Waals surface area contributed by atoms with Crippen molar-refractivity contribution in [1.29, 1.82) is 0 Å². The van der Waals surface area contributed by atoms with Crippen molar-refractivity contribution in [3.63, 3.8) is 0 Å². The average Bonchev–Trinajstić information content (AvgIpc) is 1.89. The standard InChI is InChI=1S/C6H11NOS/c1-8-5-3-4-7-6-9-2/h3-4,6H,5H2,1-2H3/b4-3+,7-6-. The van der Waals surface area contributed by atoms with Gasteiger partial charge in [-0.1, -0.05) is 0 Å². The third-order valence-electron chi connectivity index (χ3n) is 0.621. The van der Waals surface area contributed by atoms with Crippen LogP contribution < -0.4 is 0 Å². The lowest BCUT2D eigenvalue weighted by atomic mass is 10.7. The Labute approximate surface area is 60.0 Å². The minimum Gasteiger partial charge on any atom is -0.381 e. The van der Waals surface area contributed by atoms with Crippen LogP contribution in [0.4, 0.5) is 0 Å². The number of hydrogen-bond donors (Lipinski definition) is 0. The molecule has 0 spiro atoms. The van der Waals surface area contributed by atoms with E-state index in [0.29, 0.717) is 6.61 Å². The average molecular weight is 145 g/mol. The molecule has 0 aliphatic heterocycles. The first-order valence-corrected chi connectivity index (χ1v) is 3.89. The van der Waals surface area contributed by atoms with Crippen LogP contribution in [0.3, 0.4) is 0 Å². The number of rotatable bonds is 4. The SMILES string of the molecule is COC/C=C/N=C\SC. The molecule has 0 radical (unpaired) electrons. The van der Waals surface area contributed by atoms with Gasteiger partial charge in [-0.15, -0.1) is 11.8 Å². The third-order valence-corrected chi connectivity index (χ3v) is 0.953. The Kier molecular flexibility index (Phi) is 7.48. The molecule has 0 aliphatic rings. The van der Waals surface area contributed by atoms with Crippen molar-refractivity contribution in [1.82, 2.24) is 0 Å². The first-order valence-electron chi connectivity index (χ1n) is 2.60. The van der Waals surface area contributed by atoms with Gasteiger partial charge in [-0.05, 0) is 12.3 Å². The van der Waals surface area contributed by atoms with Crippen LogP contribution in [0.25, 0.3) is 0 Å². The smallest absolute Gasteiger partial charge is 0.0661 e. The highest BCUT2D eigenvalue weighted by molar-refractivity contribution is 8.11. The molecule has 0 unspecified atom stereocenters. The van der Waals surface area contributed by atoms with Crippen molar-refractivity contribution in [2.45, 2.75) is 0 Å². The van der Waals surface area contributed by atoms with E-state index in [4.69, 9.17) is 4.74 Å². The molecular formula is C6H11NOS. The Morgan fingerprint density at radius 3 is 3.00 bits per heavy atom. The van der Waals surface area contributed by atoms with Crippen LogP contribution in [0.5, 0.6) is 0 Å². The molecular weight excluding hydrogens is 134 g/mol. The molecule has 0 saturated carbocycles. The topological polar surface area (TPSA) is 21.6 Å². The summed E-state index contributed by atoms with van der Waals surface area (Å²) in [5.41, 5.74) is 1.77. The maximum Gasteiger partial charge on any atom is 0.0661 e. The van der Waals surface area contributed by atoms with Gasteiger partial charge in [0, 0.05) is 13.3 Å². The predicted molar refractivity (Wildman–Crippen MR) is 43.0 cm³/mol. The normalized spacial score (nSPS) is 11.8. The molecule has 0 N–H and O–H groups in total. The number of methoxy groups -OCH3 is 1. The van der Waals surface area contributed by atoms with Crippen molar-refractivity contribution >= 4 is 17.3 Å². The highest BCUT2D eigenvalue weighted by atomic mass is 32.2. The zero-order valence-corrected chi connectivity index (χ0v) is 6.52. The van der Waals surface area contributed by atoms with Gasteiger partial charge in [0.2, 0.25) is 0 Å². The van der Waals surface area contributed by atoms with Gasteiger partial charge in [-0.25, -0.2) is 0 Å². The summed E-state index contributed by atoms with van der Waals surface area (Å²) in [5.74, 6) is 0. The summed E-state index contributed by atoms with van der Waals surface area (Å²) in [7, 11) is 1.66. The Bertz CT molecular complexity index is 101. The second-order valence-electron chi connectivity index (χ2n) is 1.33. The summed E-state index contributed by atoms with van der Waals surface area (Å²) in [4.78, 5) is 3.90. The van der Waals surface area contributed by atoms with E-state index in [1.54, 1.807) is 30.6 Å². The number of hydrogen-bond acceptors (Lipinski definition) is 3. The first-order chi connectivity index (χ1) is 4.41. The van der Waals surface area contributed by atoms with Gasteiger partial charge < -0.3 is 4.74 Å². The molecule has 0 aromatic heterocycles. The summed E-state index contributed by atoms with van der Waals surface area (Å²) < 4.78 is 4.75. The van der Waals surface area contributed by atoms with Crippen LogP contribution >= 0.6 is 11.8 Å². The predicted octanol–water partition coefficient (Wildman–Crippen LogP) is 1.54. The molecule has 0 aromatic rings. The van der Waals surface area contributed by atoms with E-state index in [2.05, 4.69) is 4.99 Å². The number of thioether (sulfide) groups is 1. The fourth-order valence-electron chi connectivity index (χ4n) is 0.296. The molecule has 52 valence electrons. The van der Waals surface area contributed by atoms with Crippen LogP contribution in [0.1, 0.15) is 0 Å². The van der Waals surface area contributed by atoms with E-state index in [-0.39, 0.29) is 0 Å². The first kappa shape index (κ1) is 8.72. The summed E-state index contributed by atoms with van der Waals surface area (Å²) in [6.45, 7) is 0.631. The van der Waals surface area contributed by atoms with Gasteiger partial charge in [-0.3, -0.25) is 4.99 Å². The Hall–Kier alpha value is -0.280. The third kappa shape index (κ3) is 7.72. The fourth-order valence-corrected chi connectivity index (χ4v) is 0.488. The Morgan fingerprint density at radius 2 is 2.44 bits per heavy atom. The van der Waals surface area contributed by atoms with Crippen molar-refractivity contribution in [3.8, 4) is 0 Å². The lowest BCUT2D eigenvalue weighted by Gasteiger charge is -1.83. The van der Waals surface area contributed by atoms with Crippen molar-refractivity contribution in [3.05, 3.63) is 12.3 Å². The lowest BCUT2D eigenvalue weighted by Crippen LogP contribution is -1.78. The largest absolute Gasteiger partial charge is 0.381 e. The Balaban J connectivity index is 3.13. The minimum absolute atomic E-state index is 0.631. The maximum absolute atomic E-state index is 4.75. The van der Waals surface area contributed by atoms with Gasteiger partial charge in [0.15, 0.2) is 0 Å². The number of ether oxygens (including phenoxy) is 1. The summed E-state index contributed by atoms with van der Waals surface area (Å²) >= 11 is 1.58. The molecule has 0 saturated heterocycles. The van der Waals surface area contributed by atoms with Gasteiger partial charge in [0.1, 0.15) is 0 Å². The minimum atomic E-state index is 0.631. The number of aliphatic imine (C=N–C) groups is 1. The Morgan fingerprint density at radius 1 is 1.67 bits per heavy atom. The summed E-state index contributed by atoms with van der Waals surface area (Å²) in [6, 6.07) is 0. The zero-order chi connectivity index (χ0) is 6.95. The molecule has 0 atom stereocenters. The highest BCUT2D eigenvalue weighted by Gasteiger charge is 1.67. The summed E-state index contributed by atoms with van der Waals surface area (Å²) in [6.07, 6.45) is 5.54. The molecule has 0 aromatic carbocycles. The quantitative estimate of drug-likeness (QED) is 0.442. The van der Waals surface area contributed by atoms with Crippen LogP contribution in [-0.2, 0) is 4.74 Å². The van der Waals surface area contributed by atoms with Gasteiger partial charge in [0.05, 0.1) is 12.2 Å². The van der Waals surface area contributed by atoms with E-state index in [1.165, 1.54) is 0 Å². The van der Waals surface area contributed by atoms with Crippen LogP contribution in [0.15, 0.2) is 17.3 Å². The second-order valence-corrected chi connectivity index (χ2v) is 2.01. The van der Waals surface area contributed by atoms with Crippen LogP contribution in [0.2, 0.25) is 0 Å². The molecule has 0 aliphatic carbocycles. The van der Waals surface area contributed by atoms with E-state index < -0.39 is 0 Å². The zero-order valence-electron chi connectivity index (χ0n) is 5.70. The van der Waals surface area contributed by atoms with E-state index in [0.717, 1.165) is 0 Å². The number of nitrogens with zero attached hydrogens (tertiary/aromatic N) is 1. The lowest BCUT2D eigenvalue weighted by molar-refractivity contribution is 0.233. The molecule has 0 amide bonds. The second kappa shape index (κ2) is 7.72. The van der Waals surface area contributed by atoms with Crippen LogP contribution in [-0.4, -0.2) is 25.5 Å². The fraction of sp³-hybridized carbons (Fsp3) is 0.500. The summed E-state index contributed by atoms with van der Waals surface area (Å²) in [5, 5.41) is 0. The molecule has 0 fully saturated rings. The molecule has 0 heterocycles. The van der Waals surface area contributed by atoms with Gasteiger partial charge in [0.25, 0.3) is 0 Å². The monoisotopic (exact) mass is 145 g/mol. The van der Waals surface area contributed by atoms with Crippen molar-refractivity contribution in [2.75, 3.05) is 20.0 Å². The van der Waals surface area contributed by atoms with Gasteiger partial charge >= 0.3 is 0 Å². The maximum atomic E-state index is 4.75. The van der Waals surface area contributed by atoms with Crippen LogP contribution in [0, 0.1) is 0 Å². The van der Waals surface area contributed by atoms with E-state index >= 15 is 0 Å². The molecule has 0 rings (SSSR count). The van der Waals surface area contributed by atoms with E-state index in [1.807, 2.05) is 12.3 Å². The molecule has 3 heteroatoms.